The second-order valence-electron chi connectivity index (χ2n) is 7.78. The van der Waals surface area contributed by atoms with E-state index in [1.54, 1.807) is 0 Å². The lowest BCUT2D eigenvalue weighted by atomic mass is 9.79. The van der Waals surface area contributed by atoms with Gasteiger partial charge in [0.05, 0.1) is 11.2 Å². The van der Waals surface area contributed by atoms with Gasteiger partial charge in [0.2, 0.25) is 0 Å². The topological polar surface area (TPSA) is 27.7 Å². The van der Waals surface area contributed by atoms with Gasteiger partial charge in [0.25, 0.3) is 0 Å². The van der Waals surface area contributed by atoms with Gasteiger partial charge in [-0.2, -0.15) is 0 Å². The summed E-state index contributed by atoms with van der Waals surface area (Å²) in [5, 5.41) is 0. The summed E-state index contributed by atoms with van der Waals surface area (Å²) >= 11 is 0. The SMILES string of the molecule is Cc1ccc(/C=C/COc2ccc(B3OC(C)(C)C(C)(C)O3)cc2)cc1. The zero-order chi connectivity index (χ0) is 18.8. The monoisotopic (exact) mass is 350 g/mol. The summed E-state index contributed by atoms with van der Waals surface area (Å²) in [4.78, 5) is 0. The van der Waals surface area contributed by atoms with Crippen LogP contribution in [0.2, 0.25) is 0 Å². The van der Waals surface area contributed by atoms with Crippen LogP contribution in [0.15, 0.2) is 54.6 Å². The molecule has 1 heterocycles. The van der Waals surface area contributed by atoms with Crippen molar-refractivity contribution < 1.29 is 14.0 Å². The van der Waals surface area contributed by atoms with Crippen molar-refractivity contribution in [3.63, 3.8) is 0 Å². The van der Waals surface area contributed by atoms with E-state index in [1.165, 1.54) is 11.1 Å². The first-order valence-electron chi connectivity index (χ1n) is 9.08. The highest BCUT2D eigenvalue weighted by Gasteiger charge is 2.51. The van der Waals surface area contributed by atoms with E-state index in [0.717, 1.165) is 11.2 Å². The predicted octanol–water partition coefficient (Wildman–Crippen LogP) is 4.39. The quantitative estimate of drug-likeness (QED) is 0.749. The molecule has 0 atom stereocenters. The van der Waals surface area contributed by atoms with Crippen LogP contribution in [0.1, 0.15) is 38.8 Å². The van der Waals surface area contributed by atoms with Gasteiger partial charge in [-0.3, -0.25) is 0 Å². The van der Waals surface area contributed by atoms with Gasteiger partial charge in [-0.1, -0.05) is 48.0 Å². The first-order valence-corrected chi connectivity index (χ1v) is 9.08. The highest BCUT2D eigenvalue weighted by molar-refractivity contribution is 6.62. The smallest absolute Gasteiger partial charge is 0.490 e. The van der Waals surface area contributed by atoms with Gasteiger partial charge in [-0.15, -0.1) is 0 Å². The highest BCUT2D eigenvalue weighted by atomic mass is 16.7. The standard InChI is InChI=1S/C22H27BO3/c1-17-8-10-18(11-9-17)7-6-16-24-20-14-12-19(13-15-20)23-25-21(2,3)22(4,5)26-23/h6-15H,16H2,1-5H3/b7-6+. The van der Waals surface area contributed by atoms with Crippen LogP contribution < -0.4 is 10.2 Å². The third-order valence-corrected chi connectivity index (χ3v) is 5.14. The molecule has 0 aromatic heterocycles. The minimum absolute atomic E-state index is 0.326. The maximum absolute atomic E-state index is 6.07. The van der Waals surface area contributed by atoms with Crippen molar-refractivity contribution in [2.45, 2.75) is 45.8 Å². The second kappa shape index (κ2) is 7.30. The molecule has 26 heavy (non-hydrogen) atoms. The number of hydrogen-bond acceptors (Lipinski definition) is 3. The number of aryl methyl sites for hydroxylation is 1. The summed E-state index contributed by atoms with van der Waals surface area (Å²) < 4.78 is 17.9. The minimum atomic E-state index is -0.338. The van der Waals surface area contributed by atoms with E-state index in [4.69, 9.17) is 14.0 Å². The largest absolute Gasteiger partial charge is 0.494 e. The Bertz CT molecular complexity index is 745. The summed E-state index contributed by atoms with van der Waals surface area (Å²) in [5.74, 6) is 0.832. The first kappa shape index (κ1) is 18.7. The van der Waals surface area contributed by atoms with Crippen LogP contribution in [0, 0.1) is 6.92 Å². The van der Waals surface area contributed by atoms with Crippen LogP contribution in [0.5, 0.6) is 5.75 Å². The molecule has 2 aromatic carbocycles. The zero-order valence-electron chi connectivity index (χ0n) is 16.3. The fourth-order valence-electron chi connectivity index (χ4n) is 2.71. The van der Waals surface area contributed by atoms with Crippen molar-refractivity contribution in [1.29, 1.82) is 0 Å². The molecule has 0 unspecified atom stereocenters. The summed E-state index contributed by atoms with van der Waals surface area (Å²) in [5.41, 5.74) is 2.79. The lowest BCUT2D eigenvalue weighted by Crippen LogP contribution is -2.41. The van der Waals surface area contributed by atoms with Crippen LogP contribution in [0.3, 0.4) is 0 Å². The van der Waals surface area contributed by atoms with Crippen molar-refractivity contribution in [3.8, 4) is 5.75 Å². The summed E-state index contributed by atoms with van der Waals surface area (Å²) in [6, 6.07) is 16.3. The average molecular weight is 350 g/mol. The second-order valence-corrected chi connectivity index (χ2v) is 7.78. The molecular weight excluding hydrogens is 323 g/mol. The lowest BCUT2D eigenvalue weighted by molar-refractivity contribution is 0.00578. The molecule has 136 valence electrons. The van der Waals surface area contributed by atoms with E-state index in [-0.39, 0.29) is 18.3 Å². The van der Waals surface area contributed by atoms with Crippen LogP contribution in [0.25, 0.3) is 6.08 Å². The molecule has 1 aliphatic rings. The Hall–Kier alpha value is -2.04. The molecule has 0 aliphatic carbocycles. The van der Waals surface area contributed by atoms with E-state index in [9.17, 15) is 0 Å². The molecule has 0 saturated carbocycles. The summed E-state index contributed by atoms with van der Waals surface area (Å²) in [6.07, 6.45) is 4.09. The van der Waals surface area contributed by atoms with Crippen LogP contribution >= 0.6 is 0 Å². The van der Waals surface area contributed by atoms with Gasteiger partial charge in [0.1, 0.15) is 12.4 Å². The van der Waals surface area contributed by atoms with E-state index in [2.05, 4.69) is 65.0 Å². The highest BCUT2D eigenvalue weighted by Crippen LogP contribution is 2.36. The molecule has 1 fully saturated rings. The van der Waals surface area contributed by atoms with Gasteiger partial charge in [0.15, 0.2) is 0 Å². The Labute approximate surface area is 157 Å². The molecule has 1 saturated heterocycles. The van der Waals surface area contributed by atoms with Crippen molar-refractivity contribution in [2.24, 2.45) is 0 Å². The van der Waals surface area contributed by atoms with Crippen molar-refractivity contribution in [2.75, 3.05) is 6.61 Å². The molecule has 4 heteroatoms. The van der Waals surface area contributed by atoms with Gasteiger partial charge >= 0.3 is 7.12 Å². The molecule has 0 spiro atoms. The summed E-state index contributed by atoms with van der Waals surface area (Å²) in [7, 11) is -0.338. The Morgan fingerprint density at radius 2 is 1.46 bits per heavy atom. The minimum Gasteiger partial charge on any atom is -0.490 e. The Morgan fingerprint density at radius 1 is 0.885 bits per heavy atom. The molecule has 1 aliphatic heterocycles. The Balaban J connectivity index is 1.54. The number of rotatable bonds is 5. The van der Waals surface area contributed by atoms with Gasteiger partial charge in [-0.05, 0) is 63.9 Å². The van der Waals surface area contributed by atoms with E-state index in [0.29, 0.717) is 6.61 Å². The van der Waals surface area contributed by atoms with Crippen molar-refractivity contribution in [3.05, 3.63) is 65.7 Å². The normalized spacial score (nSPS) is 18.4. The third-order valence-electron chi connectivity index (χ3n) is 5.14. The molecular formula is C22H27BO3. The summed E-state index contributed by atoms with van der Waals surface area (Å²) in [6.45, 7) is 10.9. The Morgan fingerprint density at radius 3 is 2.04 bits per heavy atom. The fraction of sp³-hybridized carbons (Fsp3) is 0.364. The van der Waals surface area contributed by atoms with E-state index >= 15 is 0 Å². The van der Waals surface area contributed by atoms with Gasteiger partial charge < -0.3 is 14.0 Å². The molecule has 3 nitrogen and oxygen atoms in total. The molecule has 2 aromatic rings. The molecule has 0 radical (unpaired) electrons. The first-order chi connectivity index (χ1) is 12.3. The zero-order valence-corrected chi connectivity index (χ0v) is 16.3. The number of benzene rings is 2. The van der Waals surface area contributed by atoms with Crippen LogP contribution in [-0.4, -0.2) is 24.9 Å². The molecule has 0 N–H and O–H groups in total. The molecule has 3 rings (SSSR count). The maximum atomic E-state index is 6.07. The van der Waals surface area contributed by atoms with Gasteiger partial charge in [-0.25, -0.2) is 0 Å². The maximum Gasteiger partial charge on any atom is 0.494 e. The van der Waals surface area contributed by atoms with Crippen molar-refractivity contribution in [1.82, 2.24) is 0 Å². The van der Waals surface area contributed by atoms with E-state index in [1.807, 2.05) is 30.3 Å². The third kappa shape index (κ3) is 4.20. The van der Waals surface area contributed by atoms with Crippen molar-refractivity contribution >= 4 is 18.7 Å². The lowest BCUT2D eigenvalue weighted by Gasteiger charge is -2.32. The van der Waals surface area contributed by atoms with E-state index < -0.39 is 0 Å². The average Bonchev–Trinajstić information content (AvgIpc) is 2.82. The Kier molecular flexibility index (Phi) is 5.26. The fourth-order valence-corrected chi connectivity index (χ4v) is 2.71. The number of ether oxygens (including phenoxy) is 1. The van der Waals surface area contributed by atoms with Gasteiger partial charge in [0, 0.05) is 0 Å². The van der Waals surface area contributed by atoms with Crippen LogP contribution in [-0.2, 0) is 9.31 Å². The number of hydrogen-bond donors (Lipinski definition) is 0. The van der Waals surface area contributed by atoms with Crippen LogP contribution in [0.4, 0.5) is 0 Å². The molecule has 0 bridgehead atoms. The molecule has 0 amide bonds. The predicted molar refractivity (Wildman–Crippen MR) is 108 cm³/mol.